The zero-order valence-electron chi connectivity index (χ0n) is 8.90. The van der Waals surface area contributed by atoms with Gasteiger partial charge in [0.2, 0.25) is 5.91 Å². The molecule has 0 heterocycles. The smallest absolute Gasteiger partial charge is 0.335 e. The molecular formula is C11H13NO3S. The number of benzene rings is 1. The number of thioether (sulfide) groups is 1. The van der Waals surface area contributed by atoms with E-state index in [9.17, 15) is 9.59 Å². The molecule has 0 atom stereocenters. The molecule has 2 N–H and O–H groups in total. The van der Waals surface area contributed by atoms with E-state index in [1.807, 2.05) is 6.26 Å². The van der Waals surface area contributed by atoms with Crippen LogP contribution in [0.3, 0.4) is 0 Å². The van der Waals surface area contributed by atoms with Gasteiger partial charge in [-0.1, -0.05) is 0 Å². The number of hydrogen-bond acceptors (Lipinski definition) is 3. The van der Waals surface area contributed by atoms with Crippen LogP contribution >= 0.6 is 11.8 Å². The Morgan fingerprint density at radius 1 is 1.31 bits per heavy atom. The van der Waals surface area contributed by atoms with Crippen molar-refractivity contribution >= 4 is 29.3 Å². The van der Waals surface area contributed by atoms with Gasteiger partial charge in [-0.25, -0.2) is 4.79 Å². The van der Waals surface area contributed by atoms with Crippen LogP contribution in [0, 0.1) is 0 Å². The minimum atomic E-state index is -0.972. The van der Waals surface area contributed by atoms with Crippen molar-refractivity contribution in [2.75, 3.05) is 17.3 Å². The molecule has 0 aliphatic heterocycles. The average molecular weight is 239 g/mol. The topological polar surface area (TPSA) is 66.4 Å². The Labute approximate surface area is 98.0 Å². The van der Waals surface area contributed by atoms with Crippen molar-refractivity contribution in [3.8, 4) is 0 Å². The Bertz CT molecular complexity index is 375. The number of aromatic carboxylic acids is 1. The highest BCUT2D eigenvalue weighted by molar-refractivity contribution is 7.98. The number of nitrogens with one attached hydrogen (secondary N) is 1. The van der Waals surface area contributed by atoms with Crippen molar-refractivity contribution in [3.63, 3.8) is 0 Å². The minimum absolute atomic E-state index is 0.0579. The molecule has 0 saturated heterocycles. The van der Waals surface area contributed by atoms with Gasteiger partial charge in [0, 0.05) is 17.9 Å². The number of anilines is 1. The molecule has 86 valence electrons. The lowest BCUT2D eigenvalue weighted by Gasteiger charge is -2.04. The van der Waals surface area contributed by atoms with E-state index in [1.165, 1.54) is 12.1 Å². The van der Waals surface area contributed by atoms with Gasteiger partial charge in [0.15, 0.2) is 0 Å². The third kappa shape index (κ3) is 3.94. The molecule has 0 aliphatic carbocycles. The monoisotopic (exact) mass is 239 g/mol. The van der Waals surface area contributed by atoms with Crippen molar-refractivity contribution in [2.45, 2.75) is 6.42 Å². The maximum atomic E-state index is 11.3. The predicted octanol–water partition coefficient (Wildman–Crippen LogP) is 2.08. The highest BCUT2D eigenvalue weighted by Gasteiger charge is 2.04. The van der Waals surface area contributed by atoms with Crippen LogP contribution in [0.15, 0.2) is 24.3 Å². The van der Waals surface area contributed by atoms with E-state index < -0.39 is 5.97 Å². The number of carbonyl (C=O) groups is 2. The van der Waals surface area contributed by atoms with Gasteiger partial charge >= 0.3 is 5.97 Å². The van der Waals surface area contributed by atoms with Crippen LogP contribution in [-0.4, -0.2) is 29.0 Å². The quantitative estimate of drug-likeness (QED) is 0.825. The van der Waals surface area contributed by atoms with E-state index >= 15 is 0 Å². The van der Waals surface area contributed by atoms with Gasteiger partial charge in [0.1, 0.15) is 0 Å². The maximum Gasteiger partial charge on any atom is 0.335 e. The summed E-state index contributed by atoms with van der Waals surface area (Å²) in [5, 5.41) is 11.4. The van der Waals surface area contributed by atoms with Crippen molar-refractivity contribution < 1.29 is 14.7 Å². The predicted molar refractivity (Wildman–Crippen MR) is 65.0 cm³/mol. The first kappa shape index (κ1) is 12.6. The molecule has 1 amide bonds. The maximum absolute atomic E-state index is 11.3. The molecule has 16 heavy (non-hydrogen) atoms. The standard InChI is InChI=1S/C11H13NO3S/c1-16-7-6-10(13)12-9-4-2-8(3-5-9)11(14)15/h2-5H,6-7H2,1H3,(H,12,13)(H,14,15). The van der Waals surface area contributed by atoms with Crippen LogP contribution in [0.25, 0.3) is 0 Å². The van der Waals surface area contributed by atoms with Crippen LogP contribution in [0.5, 0.6) is 0 Å². The van der Waals surface area contributed by atoms with Crippen molar-refractivity contribution in [1.29, 1.82) is 0 Å². The molecular weight excluding hydrogens is 226 g/mol. The minimum Gasteiger partial charge on any atom is -0.478 e. The number of amides is 1. The largest absolute Gasteiger partial charge is 0.478 e. The normalized spacial score (nSPS) is 9.81. The van der Waals surface area contributed by atoms with Crippen LogP contribution in [0.1, 0.15) is 16.8 Å². The van der Waals surface area contributed by atoms with E-state index in [1.54, 1.807) is 23.9 Å². The summed E-state index contributed by atoms with van der Waals surface area (Å²) in [5.74, 6) is -0.253. The molecule has 0 spiro atoms. The van der Waals surface area contributed by atoms with E-state index in [0.29, 0.717) is 12.1 Å². The van der Waals surface area contributed by atoms with Crippen molar-refractivity contribution in [1.82, 2.24) is 0 Å². The highest BCUT2D eigenvalue weighted by atomic mass is 32.2. The summed E-state index contributed by atoms with van der Waals surface area (Å²) >= 11 is 1.61. The Kier molecular flexibility index (Phi) is 4.85. The zero-order valence-corrected chi connectivity index (χ0v) is 9.71. The van der Waals surface area contributed by atoms with Crippen LogP contribution in [0.4, 0.5) is 5.69 Å². The van der Waals surface area contributed by atoms with Gasteiger partial charge in [0.05, 0.1) is 5.56 Å². The number of hydrogen-bond donors (Lipinski definition) is 2. The second kappa shape index (κ2) is 6.17. The van der Waals surface area contributed by atoms with Crippen LogP contribution in [-0.2, 0) is 4.79 Å². The first-order valence-corrected chi connectivity index (χ1v) is 6.15. The molecule has 0 bridgehead atoms. The lowest BCUT2D eigenvalue weighted by Crippen LogP contribution is -2.12. The molecule has 4 nitrogen and oxygen atoms in total. The van der Waals surface area contributed by atoms with Gasteiger partial charge in [-0.05, 0) is 30.5 Å². The summed E-state index contributed by atoms with van der Waals surface area (Å²) in [7, 11) is 0. The summed E-state index contributed by atoms with van der Waals surface area (Å²) in [6, 6.07) is 6.10. The Morgan fingerprint density at radius 3 is 2.44 bits per heavy atom. The summed E-state index contributed by atoms with van der Waals surface area (Å²) in [4.78, 5) is 21.9. The van der Waals surface area contributed by atoms with Gasteiger partial charge in [-0.2, -0.15) is 11.8 Å². The van der Waals surface area contributed by atoms with Crippen LogP contribution < -0.4 is 5.32 Å². The van der Waals surface area contributed by atoms with E-state index in [0.717, 1.165) is 5.75 Å². The molecule has 1 aromatic carbocycles. The summed E-state index contributed by atoms with van der Waals surface area (Å²) in [6.07, 6.45) is 2.40. The fraction of sp³-hybridized carbons (Fsp3) is 0.273. The number of carboxylic acid groups (broad SMARTS) is 1. The zero-order chi connectivity index (χ0) is 12.0. The Morgan fingerprint density at radius 2 is 1.94 bits per heavy atom. The molecule has 0 saturated carbocycles. The average Bonchev–Trinajstić information content (AvgIpc) is 2.27. The molecule has 0 aliphatic rings. The van der Waals surface area contributed by atoms with E-state index in [4.69, 9.17) is 5.11 Å². The Hall–Kier alpha value is -1.49. The molecule has 0 fully saturated rings. The first-order valence-electron chi connectivity index (χ1n) is 4.75. The SMILES string of the molecule is CSCCC(=O)Nc1ccc(C(=O)O)cc1. The fourth-order valence-electron chi connectivity index (χ4n) is 1.11. The van der Waals surface area contributed by atoms with Crippen molar-refractivity contribution in [2.24, 2.45) is 0 Å². The summed E-state index contributed by atoms with van der Waals surface area (Å²) in [5.41, 5.74) is 0.832. The second-order valence-electron chi connectivity index (χ2n) is 3.17. The van der Waals surface area contributed by atoms with Crippen molar-refractivity contribution in [3.05, 3.63) is 29.8 Å². The third-order valence-electron chi connectivity index (χ3n) is 1.95. The summed E-state index contributed by atoms with van der Waals surface area (Å²) in [6.45, 7) is 0. The van der Waals surface area contributed by atoms with Gasteiger partial charge < -0.3 is 10.4 Å². The van der Waals surface area contributed by atoms with E-state index in [2.05, 4.69) is 5.32 Å². The lowest BCUT2D eigenvalue weighted by atomic mass is 10.2. The molecule has 0 unspecified atom stereocenters. The molecule has 5 heteroatoms. The number of rotatable bonds is 5. The molecule has 0 radical (unpaired) electrons. The lowest BCUT2D eigenvalue weighted by molar-refractivity contribution is -0.115. The molecule has 1 aromatic rings. The number of carbonyl (C=O) groups excluding carboxylic acids is 1. The summed E-state index contributed by atoms with van der Waals surface area (Å²) < 4.78 is 0. The second-order valence-corrected chi connectivity index (χ2v) is 4.16. The Balaban J connectivity index is 2.55. The van der Waals surface area contributed by atoms with Gasteiger partial charge in [0.25, 0.3) is 0 Å². The van der Waals surface area contributed by atoms with E-state index in [-0.39, 0.29) is 11.5 Å². The van der Waals surface area contributed by atoms with Gasteiger partial charge in [-0.3, -0.25) is 4.79 Å². The van der Waals surface area contributed by atoms with Crippen LogP contribution in [0.2, 0.25) is 0 Å². The third-order valence-corrected chi connectivity index (χ3v) is 2.56. The van der Waals surface area contributed by atoms with Gasteiger partial charge in [-0.15, -0.1) is 0 Å². The molecule has 1 rings (SSSR count). The fourth-order valence-corrected chi connectivity index (χ4v) is 1.50. The molecule has 0 aromatic heterocycles. The first-order chi connectivity index (χ1) is 7.63. The number of carboxylic acids is 1. The highest BCUT2D eigenvalue weighted by Crippen LogP contribution is 2.10.